The molecule has 78 valence electrons. The van der Waals surface area contributed by atoms with Crippen molar-refractivity contribution >= 4 is 33.7 Å². The molecule has 0 spiro atoms. The highest BCUT2D eigenvalue weighted by atomic mass is 79.9. The third kappa shape index (κ3) is 4.46. The van der Waals surface area contributed by atoms with E-state index in [0.29, 0.717) is 16.8 Å². The van der Waals surface area contributed by atoms with Crippen LogP contribution in [-0.2, 0) is 0 Å². The van der Waals surface area contributed by atoms with Gasteiger partial charge in [0.15, 0.2) is 0 Å². The van der Waals surface area contributed by atoms with Crippen molar-refractivity contribution in [2.75, 3.05) is 5.33 Å². The van der Waals surface area contributed by atoms with Crippen LogP contribution < -0.4 is 0 Å². The summed E-state index contributed by atoms with van der Waals surface area (Å²) in [6, 6.07) is 9.53. The molecule has 0 bridgehead atoms. The van der Waals surface area contributed by atoms with E-state index in [1.54, 1.807) is 6.21 Å². The first kappa shape index (κ1) is 12.2. The normalized spacial score (nSPS) is 12.6. The quantitative estimate of drug-likeness (QED) is 0.616. The molecule has 1 aromatic rings. The van der Waals surface area contributed by atoms with Crippen molar-refractivity contribution < 1.29 is 0 Å². The van der Waals surface area contributed by atoms with Gasteiger partial charge in [0.1, 0.15) is 0 Å². The molecule has 1 rings (SSSR count). The van der Waals surface area contributed by atoms with E-state index in [-0.39, 0.29) is 6.04 Å². The molecule has 0 saturated carbocycles. The lowest BCUT2D eigenvalue weighted by atomic mass is 10.2. The topological polar surface area (TPSA) is 36.1 Å². The van der Waals surface area contributed by atoms with Crippen LogP contribution in [0.1, 0.15) is 12.0 Å². The molecule has 4 heteroatoms. The summed E-state index contributed by atoms with van der Waals surface area (Å²) in [5.41, 5.74) is 0.989. The minimum absolute atomic E-state index is 0.0191. The molecule has 0 aliphatic carbocycles. The van der Waals surface area contributed by atoms with Crippen molar-refractivity contribution in [3.8, 4) is 6.07 Å². The lowest BCUT2D eigenvalue weighted by Gasteiger charge is -2.02. The molecular weight excluding hydrogens is 275 g/mol. The Bertz CT molecular complexity index is 367. The fourth-order valence-electron chi connectivity index (χ4n) is 0.993. The predicted molar refractivity (Wildman–Crippen MR) is 66.9 cm³/mol. The first-order valence-corrected chi connectivity index (χ1v) is 5.98. The highest BCUT2D eigenvalue weighted by Crippen LogP contribution is 2.08. The van der Waals surface area contributed by atoms with Gasteiger partial charge in [-0.05, 0) is 17.7 Å². The standard InChI is InChI=1S/C11H10BrClN2/c12-7-11(5-6-14)15-8-9-1-3-10(13)4-2-9/h1-4,8,11H,5,7H2. The van der Waals surface area contributed by atoms with E-state index in [2.05, 4.69) is 27.0 Å². The maximum absolute atomic E-state index is 8.54. The van der Waals surface area contributed by atoms with E-state index < -0.39 is 0 Å². The summed E-state index contributed by atoms with van der Waals surface area (Å²) in [5, 5.41) is 9.95. The molecule has 1 atom stereocenters. The molecule has 0 aliphatic rings. The zero-order valence-corrected chi connectivity index (χ0v) is 10.4. The number of nitrogens with zero attached hydrogens (tertiary/aromatic N) is 2. The fraction of sp³-hybridized carbons (Fsp3) is 0.273. The summed E-state index contributed by atoms with van der Waals surface area (Å²) in [6.45, 7) is 0. The van der Waals surface area contributed by atoms with Crippen LogP contribution >= 0.6 is 27.5 Å². The van der Waals surface area contributed by atoms with E-state index in [0.717, 1.165) is 5.56 Å². The fourth-order valence-corrected chi connectivity index (χ4v) is 1.51. The van der Waals surface area contributed by atoms with Gasteiger partial charge in [-0.2, -0.15) is 5.26 Å². The van der Waals surface area contributed by atoms with Crippen LogP contribution in [0, 0.1) is 11.3 Å². The molecule has 0 aliphatic heterocycles. The Hall–Kier alpha value is -0.850. The first-order chi connectivity index (χ1) is 7.26. The molecule has 0 aromatic heterocycles. The summed E-state index contributed by atoms with van der Waals surface area (Å²) in [6.07, 6.45) is 2.19. The lowest BCUT2D eigenvalue weighted by Crippen LogP contribution is -2.04. The Morgan fingerprint density at radius 3 is 2.67 bits per heavy atom. The molecule has 15 heavy (non-hydrogen) atoms. The zero-order valence-electron chi connectivity index (χ0n) is 8.03. The molecule has 1 aromatic carbocycles. The smallest absolute Gasteiger partial charge is 0.0726 e. The Kier molecular flexibility index (Phi) is 5.38. The molecule has 0 radical (unpaired) electrons. The lowest BCUT2D eigenvalue weighted by molar-refractivity contribution is 0.787. The predicted octanol–water partition coefficient (Wildman–Crippen LogP) is 3.44. The number of nitriles is 1. The minimum Gasteiger partial charge on any atom is -0.287 e. The van der Waals surface area contributed by atoms with Gasteiger partial charge in [0.25, 0.3) is 0 Å². The van der Waals surface area contributed by atoms with Crippen LogP contribution in [-0.4, -0.2) is 17.6 Å². The summed E-state index contributed by atoms with van der Waals surface area (Å²) in [4.78, 5) is 4.29. The van der Waals surface area contributed by atoms with Gasteiger partial charge in [0.2, 0.25) is 0 Å². The molecule has 1 unspecified atom stereocenters. The van der Waals surface area contributed by atoms with Gasteiger partial charge in [0.05, 0.1) is 18.5 Å². The van der Waals surface area contributed by atoms with E-state index in [1.165, 1.54) is 0 Å². The van der Waals surface area contributed by atoms with Crippen LogP contribution in [0.2, 0.25) is 5.02 Å². The number of hydrogen-bond acceptors (Lipinski definition) is 2. The van der Waals surface area contributed by atoms with E-state index >= 15 is 0 Å². The van der Waals surface area contributed by atoms with Crippen LogP contribution in [0.5, 0.6) is 0 Å². The number of aliphatic imine (C=N–C) groups is 1. The number of rotatable bonds is 4. The third-order valence-corrected chi connectivity index (χ3v) is 2.81. The van der Waals surface area contributed by atoms with Gasteiger partial charge in [0, 0.05) is 16.6 Å². The highest BCUT2D eigenvalue weighted by Gasteiger charge is 2.01. The second-order valence-corrected chi connectivity index (χ2v) is 4.08. The SMILES string of the molecule is N#CCC(CBr)N=Cc1ccc(Cl)cc1. The van der Waals surface area contributed by atoms with E-state index in [1.807, 2.05) is 24.3 Å². The molecule has 0 amide bonds. The number of hydrogen-bond donors (Lipinski definition) is 0. The highest BCUT2D eigenvalue weighted by molar-refractivity contribution is 9.09. The number of halogens is 2. The van der Waals surface area contributed by atoms with Crippen LogP contribution in [0.4, 0.5) is 0 Å². The Labute approximate surface area is 103 Å². The number of alkyl halides is 1. The van der Waals surface area contributed by atoms with Crippen molar-refractivity contribution in [1.82, 2.24) is 0 Å². The molecule has 2 nitrogen and oxygen atoms in total. The van der Waals surface area contributed by atoms with Crippen LogP contribution in [0.15, 0.2) is 29.3 Å². The summed E-state index contributed by atoms with van der Waals surface area (Å²) < 4.78 is 0. The first-order valence-electron chi connectivity index (χ1n) is 4.48. The van der Waals surface area contributed by atoms with Gasteiger partial charge in [-0.3, -0.25) is 4.99 Å². The van der Waals surface area contributed by atoms with E-state index in [4.69, 9.17) is 16.9 Å². The molecule has 0 N–H and O–H groups in total. The Balaban J connectivity index is 2.64. The maximum Gasteiger partial charge on any atom is 0.0726 e. The van der Waals surface area contributed by atoms with Crippen molar-refractivity contribution in [2.45, 2.75) is 12.5 Å². The Morgan fingerprint density at radius 1 is 1.47 bits per heavy atom. The number of benzene rings is 1. The summed E-state index contributed by atoms with van der Waals surface area (Å²) in [5.74, 6) is 0. The van der Waals surface area contributed by atoms with Crippen LogP contribution in [0.25, 0.3) is 0 Å². The molecule has 0 fully saturated rings. The van der Waals surface area contributed by atoms with Gasteiger partial charge in [-0.15, -0.1) is 0 Å². The average molecular weight is 286 g/mol. The average Bonchev–Trinajstić information content (AvgIpc) is 2.26. The third-order valence-electron chi connectivity index (χ3n) is 1.81. The monoisotopic (exact) mass is 284 g/mol. The Morgan fingerprint density at radius 2 is 2.13 bits per heavy atom. The van der Waals surface area contributed by atoms with Crippen molar-refractivity contribution in [3.05, 3.63) is 34.9 Å². The van der Waals surface area contributed by atoms with Crippen molar-refractivity contribution in [2.24, 2.45) is 4.99 Å². The minimum atomic E-state index is 0.0191. The molecular formula is C11H10BrClN2. The summed E-state index contributed by atoms with van der Waals surface area (Å²) >= 11 is 9.07. The van der Waals surface area contributed by atoms with Gasteiger partial charge >= 0.3 is 0 Å². The second kappa shape index (κ2) is 6.60. The zero-order chi connectivity index (χ0) is 11.1. The van der Waals surface area contributed by atoms with Gasteiger partial charge in [-0.25, -0.2) is 0 Å². The second-order valence-electron chi connectivity index (χ2n) is 3.00. The van der Waals surface area contributed by atoms with Gasteiger partial charge < -0.3 is 0 Å². The summed E-state index contributed by atoms with van der Waals surface area (Å²) in [7, 11) is 0. The van der Waals surface area contributed by atoms with Crippen molar-refractivity contribution in [1.29, 1.82) is 5.26 Å². The van der Waals surface area contributed by atoms with E-state index in [9.17, 15) is 0 Å². The largest absolute Gasteiger partial charge is 0.287 e. The molecule has 0 saturated heterocycles. The van der Waals surface area contributed by atoms with Crippen molar-refractivity contribution in [3.63, 3.8) is 0 Å². The van der Waals surface area contributed by atoms with Gasteiger partial charge in [-0.1, -0.05) is 39.7 Å². The maximum atomic E-state index is 8.54. The van der Waals surface area contributed by atoms with Crippen LogP contribution in [0.3, 0.4) is 0 Å². The molecule has 0 heterocycles.